The van der Waals surface area contributed by atoms with Gasteiger partial charge in [-0.1, -0.05) is 12.1 Å². The molecule has 26 heavy (non-hydrogen) atoms. The highest BCUT2D eigenvalue weighted by atomic mass is 32.1. The van der Waals surface area contributed by atoms with Crippen LogP contribution in [0, 0.1) is 6.92 Å². The van der Waals surface area contributed by atoms with Crippen molar-refractivity contribution in [1.29, 1.82) is 0 Å². The van der Waals surface area contributed by atoms with E-state index < -0.39 is 6.10 Å². The Morgan fingerprint density at radius 3 is 3.15 bits per heavy atom. The topological polar surface area (TPSA) is 78.6 Å². The highest BCUT2D eigenvalue weighted by molar-refractivity contribution is 7.07. The Kier molecular flexibility index (Phi) is 4.76. The van der Waals surface area contributed by atoms with Crippen LogP contribution in [0.15, 0.2) is 39.6 Å². The Balaban J connectivity index is 1.41. The second-order valence-corrected chi connectivity index (χ2v) is 7.45. The molecule has 0 unspecified atom stereocenters. The van der Waals surface area contributed by atoms with Crippen LogP contribution in [0.5, 0.6) is 0 Å². The van der Waals surface area contributed by atoms with Crippen molar-refractivity contribution in [3.05, 3.63) is 52.2 Å². The Morgan fingerprint density at radius 1 is 1.50 bits per heavy atom. The number of carbonyl (C=O) groups is 1. The first-order chi connectivity index (χ1) is 12.6. The number of nitrogens with zero attached hydrogens (tertiary/aromatic N) is 2. The quantitative estimate of drug-likeness (QED) is 0.737. The second-order valence-electron chi connectivity index (χ2n) is 6.73. The number of hydrogen-bond acceptors (Lipinski definition) is 6. The van der Waals surface area contributed by atoms with Gasteiger partial charge in [0.25, 0.3) is 5.91 Å². The number of nitrogens with one attached hydrogen (secondary N) is 1. The summed E-state index contributed by atoms with van der Waals surface area (Å²) in [7, 11) is 0. The van der Waals surface area contributed by atoms with E-state index in [4.69, 9.17) is 4.42 Å². The van der Waals surface area contributed by atoms with Crippen LogP contribution in [0.3, 0.4) is 0 Å². The lowest BCUT2D eigenvalue weighted by atomic mass is 10.0. The number of amides is 1. The van der Waals surface area contributed by atoms with Crippen LogP contribution in [0.4, 0.5) is 0 Å². The number of aliphatic hydroxyl groups excluding tert-OH is 1. The van der Waals surface area contributed by atoms with Crippen LogP contribution in [-0.2, 0) is 6.54 Å². The van der Waals surface area contributed by atoms with Gasteiger partial charge in [-0.2, -0.15) is 0 Å². The number of thiazole rings is 1. The molecular weight excluding hydrogens is 350 g/mol. The number of hydrogen-bond donors (Lipinski definition) is 2. The predicted molar refractivity (Wildman–Crippen MR) is 100 cm³/mol. The minimum Gasteiger partial charge on any atom is -0.461 e. The van der Waals surface area contributed by atoms with Gasteiger partial charge in [0.15, 0.2) is 0 Å². The number of furan rings is 1. The van der Waals surface area contributed by atoms with E-state index in [0.717, 1.165) is 29.9 Å². The molecule has 3 aromatic rings. The van der Waals surface area contributed by atoms with Crippen molar-refractivity contribution in [2.75, 3.05) is 13.1 Å². The van der Waals surface area contributed by atoms with Gasteiger partial charge in [0.2, 0.25) is 0 Å². The minimum atomic E-state index is -0.608. The number of fused-ring (bicyclic) bond motifs is 1. The van der Waals surface area contributed by atoms with E-state index in [-0.39, 0.29) is 11.9 Å². The number of piperidine rings is 1. The zero-order chi connectivity index (χ0) is 18.1. The van der Waals surface area contributed by atoms with Crippen molar-refractivity contribution in [2.24, 2.45) is 0 Å². The summed E-state index contributed by atoms with van der Waals surface area (Å²) >= 11 is 1.57. The lowest BCUT2D eigenvalue weighted by molar-refractivity contribution is 0.0346. The van der Waals surface area contributed by atoms with Crippen molar-refractivity contribution in [3.63, 3.8) is 0 Å². The molecule has 2 N–H and O–H groups in total. The summed E-state index contributed by atoms with van der Waals surface area (Å²) in [6.45, 7) is 3.92. The van der Waals surface area contributed by atoms with Gasteiger partial charge in [0.05, 0.1) is 28.9 Å². The summed E-state index contributed by atoms with van der Waals surface area (Å²) in [5.41, 5.74) is 3.94. The molecule has 3 heterocycles. The molecule has 6 nitrogen and oxygen atoms in total. The number of rotatable bonds is 4. The van der Waals surface area contributed by atoms with Crippen LogP contribution in [0.1, 0.15) is 28.2 Å². The van der Waals surface area contributed by atoms with Gasteiger partial charge in [-0.05, 0) is 25.5 Å². The summed E-state index contributed by atoms with van der Waals surface area (Å²) < 4.78 is 5.67. The minimum absolute atomic E-state index is 0.207. The molecule has 7 heteroatoms. The molecule has 0 saturated carbocycles. The summed E-state index contributed by atoms with van der Waals surface area (Å²) in [5, 5.41) is 16.4. The van der Waals surface area contributed by atoms with E-state index in [2.05, 4.69) is 15.2 Å². The zero-order valence-electron chi connectivity index (χ0n) is 14.5. The number of para-hydroxylation sites is 1. The lowest BCUT2D eigenvalue weighted by Gasteiger charge is -2.35. The highest BCUT2D eigenvalue weighted by Gasteiger charge is 2.29. The summed E-state index contributed by atoms with van der Waals surface area (Å²) in [6.07, 6.45) is 0.0911. The van der Waals surface area contributed by atoms with Gasteiger partial charge >= 0.3 is 0 Å². The molecule has 136 valence electrons. The number of benzene rings is 1. The average Bonchev–Trinajstić information content (AvgIpc) is 3.25. The number of aromatic nitrogens is 1. The average molecular weight is 371 g/mol. The number of carbonyl (C=O) groups excluding carboxylic acids is 1. The first kappa shape index (κ1) is 17.2. The standard InChI is InChI=1S/C19H21N3O3S/c1-12-7-13-3-2-4-15(18(13)25-12)19(24)21-16-5-6-22(9-17(16)23)8-14-10-26-11-20-14/h2-4,7,10-11,16-17,23H,5-6,8-9H2,1H3,(H,21,24)/t16-,17-/m1/s1. The van der Waals surface area contributed by atoms with Gasteiger partial charge in [-0.25, -0.2) is 4.98 Å². The molecule has 2 atom stereocenters. The molecule has 1 amide bonds. The SMILES string of the molecule is Cc1cc2cccc(C(=O)N[C@@H]3CCN(Cc4cscn4)C[C@H]3O)c2o1. The predicted octanol–water partition coefficient (Wildman–Crippen LogP) is 2.56. The third-order valence-corrected chi connectivity index (χ3v) is 5.40. The maximum Gasteiger partial charge on any atom is 0.255 e. The van der Waals surface area contributed by atoms with Gasteiger partial charge in [0.1, 0.15) is 11.3 Å². The van der Waals surface area contributed by atoms with Crippen LogP contribution in [0.2, 0.25) is 0 Å². The van der Waals surface area contributed by atoms with E-state index in [1.807, 2.05) is 36.0 Å². The molecule has 4 rings (SSSR count). The lowest BCUT2D eigenvalue weighted by Crippen LogP contribution is -2.53. The van der Waals surface area contributed by atoms with Gasteiger partial charge < -0.3 is 14.8 Å². The van der Waals surface area contributed by atoms with E-state index in [9.17, 15) is 9.90 Å². The van der Waals surface area contributed by atoms with Crippen LogP contribution < -0.4 is 5.32 Å². The monoisotopic (exact) mass is 371 g/mol. The van der Waals surface area contributed by atoms with E-state index in [1.165, 1.54) is 0 Å². The number of β-amino-alcohol motifs (C(OH)–C–C–N with tert-alkyl or cyclic N) is 1. The maximum atomic E-state index is 12.7. The first-order valence-electron chi connectivity index (χ1n) is 8.67. The van der Waals surface area contributed by atoms with E-state index in [1.54, 1.807) is 17.4 Å². The number of likely N-dealkylation sites (tertiary alicyclic amines) is 1. The third-order valence-electron chi connectivity index (χ3n) is 4.76. The van der Waals surface area contributed by atoms with Gasteiger partial charge in [0, 0.05) is 30.4 Å². The molecule has 1 aliphatic heterocycles. The summed E-state index contributed by atoms with van der Waals surface area (Å²) in [5.74, 6) is 0.567. The molecule has 1 aromatic carbocycles. The molecule has 2 aromatic heterocycles. The first-order valence-corrected chi connectivity index (χ1v) is 9.62. The summed E-state index contributed by atoms with van der Waals surface area (Å²) in [6, 6.07) is 7.18. The molecule has 0 aliphatic carbocycles. The Hall–Kier alpha value is -2.22. The second kappa shape index (κ2) is 7.19. The fourth-order valence-corrected chi connectivity index (χ4v) is 4.02. The van der Waals surface area contributed by atoms with Gasteiger partial charge in [-0.3, -0.25) is 9.69 Å². The highest BCUT2D eigenvalue weighted by Crippen LogP contribution is 2.23. The smallest absolute Gasteiger partial charge is 0.255 e. The molecule has 0 bridgehead atoms. The van der Waals surface area contributed by atoms with E-state index in [0.29, 0.717) is 24.1 Å². The zero-order valence-corrected chi connectivity index (χ0v) is 15.3. The Bertz CT molecular complexity index is 906. The maximum absolute atomic E-state index is 12.7. The van der Waals surface area contributed by atoms with Crippen molar-refractivity contribution in [3.8, 4) is 0 Å². The Labute approximate surface area is 155 Å². The largest absolute Gasteiger partial charge is 0.461 e. The number of aliphatic hydroxyl groups is 1. The van der Waals surface area contributed by atoms with Crippen molar-refractivity contribution < 1.29 is 14.3 Å². The fourth-order valence-electron chi connectivity index (χ4n) is 3.47. The molecule has 1 fully saturated rings. The van der Waals surface area contributed by atoms with Crippen LogP contribution in [0.25, 0.3) is 11.0 Å². The normalized spacial score (nSPS) is 21.2. The molecule has 0 radical (unpaired) electrons. The van der Waals surface area contributed by atoms with Gasteiger partial charge in [-0.15, -0.1) is 11.3 Å². The molecule has 1 saturated heterocycles. The van der Waals surface area contributed by atoms with Crippen molar-refractivity contribution in [1.82, 2.24) is 15.2 Å². The molecular formula is C19H21N3O3S. The van der Waals surface area contributed by atoms with Crippen LogP contribution in [-0.4, -0.2) is 46.1 Å². The van der Waals surface area contributed by atoms with E-state index >= 15 is 0 Å². The number of aryl methyl sites for hydroxylation is 1. The molecule has 1 aliphatic rings. The summed E-state index contributed by atoms with van der Waals surface area (Å²) in [4.78, 5) is 19.2. The Morgan fingerprint density at radius 2 is 2.38 bits per heavy atom. The third kappa shape index (κ3) is 3.51. The molecule has 0 spiro atoms. The van der Waals surface area contributed by atoms with Crippen molar-refractivity contribution in [2.45, 2.75) is 32.0 Å². The fraction of sp³-hybridized carbons (Fsp3) is 0.368. The van der Waals surface area contributed by atoms with Crippen LogP contribution >= 0.6 is 11.3 Å². The van der Waals surface area contributed by atoms with Crippen molar-refractivity contribution >= 4 is 28.2 Å².